The fourth-order valence-electron chi connectivity index (χ4n) is 0.968. The summed E-state index contributed by atoms with van der Waals surface area (Å²) in [7, 11) is 0. The van der Waals surface area contributed by atoms with Crippen molar-refractivity contribution in [3.8, 4) is 0 Å². The second kappa shape index (κ2) is 16.3. The van der Waals surface area contributed by atoms with Gasteiger partial charge in [0.05, 0.1) is 11.9 Å². The number of hydrogen-bond donors (Lipinski definition) is 4. The maximum Gasteiger partial charge on any atom is 2.00 e. The Labute approximate surface area is 173 Å². The quantitative estimate of drug-likeness (QED) is 0.107. The fraction of sp³-hybridized carbons (Fsp3) is 0.429. The number of aliphatic hydroxyl groups is 4. The Morgan fingerprint density at radius 2 is 1.00 bits per heavy atom. The third kappa shape index (κ3) is 13.0. The number of hydrogen-bond acceptors (Lipinski definition) is 12. The monoisotopic (exact) mass is 586 g/mol. The van der Waals surface area contributed by atoms with E-state index in [1.54, 1.807) is 0 Å². The van der Waals surface area contributed by atoms with Gasteiger partial charge in [-0.3, -0.25) is 0 Å². The van der Waals surface area contributed by atoms with Crippen LogP contribution in [0.1, 0.15) is 0 Å². The zero-order valence-corrected chi connectivity index (χ0v) is 17.7. The van der Waals surface area contributed by atoms with Crippen molar-refractivity contribution in [1.29, 1.82) is 0 Å². The van der Waals surface area contributed by atoms with Gasteiger partial charge in [0, 0.05) is 0 Å². The van der Waals surface area contributed by atoms with Crippen LogP contribution in [0.2, 0.25) is 0 Å². The average Bonchev–Trinajstić information content (AvgIpc) is 2.61. The number of esters is 2. The molecule has 4 unspecified atom stereocenters. The van der Waals surface area contributed by atoms with Crippen LogP contribution in [0.4, 0.5) is 0 Å². The molecule has 0 bridgehead atoms. The third-order valence-electron chi connectivity index (χ3n) is 2.25. The normalized spacial score (nSPS) is 13.8. The van der Waals surface area contributed by atoms with Gasteiger partial charge in [0.1, 0.15) is 25.4 Å². The molecule has 0 aliphatic carbocycles. The van der Waals surface area contributed by atoms with E-state index < -0.39 is 48.3 Å². The van der Waals surface area contributed by atoms with Crippen LogP contribution in [0.25, 0.3) is 0 Å². The molecule has 4 atom stereocenters. The van der Waals surface area contributed by atoms with Gasteiger partial charge in [-0.05, 0) is 0 Å². The molecule has 2 radical (unpaired) electrons. The number of carboxylic acids is 2. The van der Waals surface area contributed by atoms with E-state index in [1.807, 2.05) is 0 Å². The summed E-state index contributed by atoms with van der Waals surface area (Å²) in [6.45, 7) is 6.10. The molecule has 0 aromatic heterocycles. The molecule has 0 heterocycles. The Kier molecular flexibility index (Phi) is 18.0. The number of carbonyl (C=O) groups excluding carboxylic acids is 4. The largest absolute Gasteiger partial charge is 2.00 e. The summed E-state index contributed by atoms with van der Waals surface area (Å²) in [6, 6.07) is 0. The summed E-state index contributed by atoms with van der Waals surface area (Å²) in [5, 5.41) is 54.8. The predicted molar refractivity (Wildman–Crippen MR) is 82.1 cm³/mol. The Morgan fingerprint density at radius 1 is 0.741 bits per heavy atom. The molecule has 13 heteroatoms. The zero-order valence-electron chi connectivity index (χ0n) is 13.8. The van der Waals surface area contributed by atoms with Crippen molar-refractivity contribution >= 4 is 51.2 Å². The van der Waals surface area contributed by atoms with Crippen molar-refractivity contribution in [2.75, 3.05) is 13.2 Å². The van der Waals surface area contributed by atoms with Crippen molar-refractivity contribution in [1.82, 2.24) is 0 Å². The van der Waals surface area contributed by atoms with Gasteiger partial charge in [0.25, 0.3) is 0 Å². The average molecular weight is 585 g/mol. The number of carbonyl (C=O) groups is 4. The summed E-state index contributed by atoms with van der Waals surface area (Å²) >= 11 is 0. The number of carboxylic acid groups (broad SMARTS) is 2. The first-order valence-corrected chi connectivity index (χ1v) is 6.70. The summed E-state index contributed by atoms with van der Waals surface area (Å²) in [6.07, 6.45) is -6.36. The van der Waals surface area contributed by atoms with Gasteiger partial charge in [0.2, 0.25) is 0 Å². The van der Waals surface area contributed by atoms with Gasteiger partial charge in [-0.15, -0.1) is 0 Å². The van der Waals surface area contributed by atoms with Crippen LogP contribution in [-0.2, 0) is 28.7 Å². The summed E-state index contributed by atoms with van der Waals surface area (Å²) in [5.41, 5.74) is 0. The van der Waals surface area contributed by atoms with Gasteiger partial charge < -0.3 is 49.7 Å². The molecule has 0 aliphatic heterocycles. The molecule has 0 saturated carbocycles. The summed E-state index contributed by atoms with van der Waals surface area (Å²) in [4.78, 5) is 41.3. The minimum atomic E-state index is -2.28. The standard InChI is InChI=1S/2C7H10O6.Pb/c2*1-2-3-13-7(12)5(9)4(8)6(10)11;/h2*2,4-5,8-9H,1,3H2,(H,10,11);/q;;+2/p-2. The van der Waals surface area contributed by atoms with E-state index in [1.165, 1.54) is 12.2 Å². The van der Waals surface area contributed by atoms with Crippen molar-refractivity contribution in [3.63, 3.8) is 0 Å². The molecule has 0 fully saturated rings. The first-order valence-electron chi connectivity index (χ1n) is 6.70. The molecule has 0 amide bonds. The molecule has 27 heavy (non-hydrogen) atoms. The number of aliphatic hydroxyl groups excluding tert-OH is 4. The fourth-order valence-corrected chi connectivity index (χ4v) is 0.968. The van der Waals surface area contributed by atoms with Crippen molar-refractivity contribution in [2.24, 2.45) is 0 Å². The van der Waals surface area contributed by atoms with E-state index in [2.05, 4.69) is 22.6 Å². The molecule has 0 saturated heterocycles. The minimum Gasteiger partial charge on any atom is -0.547 e. The van der Waals surface area contributed by atoms with Gasteiger partial charge in [-0.1, -0.05) is 25.3 Å². The number of ether oxygens (including phenoxy) is 2. The molecule has 0 spiro atoms. The maximum atomic E-state index is 10.7. The van der Waals surface area contributed by atoms with Crippen LogP contribution in [0.3, 0.4) is 0 Å². The van der Waals surface area contributed by atoms with Crippen molar-refractivity contribution < 1.29 is 59.3 Å². The number of aliphatic carboxylic acids is 2. The SMILES string of the molecule is C=CCOC(=O)C(O)C(O)C(=O)[O-].C=CCOC(=O)C(O)C(O)C(=O)[O-].[Pb+2]. The van der Waals surface area contributed by atoms with E-state index >= 15 is 0 Å². The molecular formula is C14H18O12Pb. The predicted octanol–water partition coefficient (Wildman–Crippen LogP) is -6.01. The van der Waals surface area contributed by atoms with Crippen LogP contribution in [0.15, 0.2) is 25.3 Å². The Morgan fingerprint density at radius 3 is 1.19 bits per heavy atom. The van der Waals surface area contributed by atoms with Crippen LogP contribution >= 0.6 is 0 Å². The Hall–Kier alpha value is -1.88. The van der Waals surface area contributed by atoms with Gasteiger partial charge in [-0.2, -0.15) is 0 Å². The van der Waals surface area contributed by atoms with Crippen LogP contribution in [0.5, 0.6) is 0 Å². The summed E-state index contributed by atoms with van der Waals surface area (Å²) < 4.78 is 8.53. The Balaban J connectivity index is -0.000000411. The van der Waals surface area contributed by atoms with E-state index in [-0.39, 0.29) is 40.5 Å². The van der Waals surface area contributed by atoms with Crippen molar-refractivity contribution in [2.45, 2.75) is 24.4 Å². The number of rotatable bonds is 10. The first-order chi connectivity index (χ1) is 12.0. The van der Waals surface area contributed by atoms with Gasteiger partial charge in [0.15, 0.2) is 12.2 Å². The van der Waals surface area contributed by atoms with Crippen LogP contribution < -0.4 is 10.2 Å². The van der Waals surface area contributed by atoms with Gasteiger partial charge in [-0.25, -0.2) is 9.59 Å². The molecule has 12 nitrogen and oxygen atoms in total. The molecule has 0 aliphatic rings. The molecule has 150 valence electrons. The van der Waals surface area contributed by atoms with Crippen LogP contribution in [0, 0.1) is 0 Å². The topological polar surface area (TPSA) is 214 Å². The van der Waals surface area contributed by atoms with E-state index in [9.17, 15) is 29.4 Å². The van der Waals surface area contributed by atoms with Crippen molar-refractivity contribution in [3.05, 3.63) is 25.3 Å². The first kappa shape index (κ1) is 29.9. The van der Waals surface area contributed by atoms with E-state index in [0.29, 0.717) is 0 Å². The zero-order chi connectivity index (χ0) is 20.9. The minimum absolute atomic E-state index is 0. The second-order valence-corrected chi connectivity index (χ2v) is 4.25. The van der Waals surface area contributed by atoms with Crippen LogP contribution in [-0.4, -0.2) is 109 Å². The third-order valence-corrected chi connectivity index (χ3v) is 2.25. The molecular weight excluding hydrogens is 567 g/mol. The summed E-state index contributed by atoms with van der Waals surface area (Å²) in [5.74, 6) is -6.36. The van der Waals surface area contributed by atoms with E-state index in [4.69, 9.17) is 20.4 Å². The molecule has 0 aromatic rings. The van der Waals surface area contributed by atoms with Gasteiger partial charge >= 0.3 is 39.2 Å². The smallest absolute Gasteiger partial charge is 0.547 e. The molecule has 4 N–H and O–H groups in total. The molecule has 0 rings (SSSR count). The molecule has 0 aromatic carbocycles. The Bertz CT molecular complexity index is 474. The van der Waals surface area contributed by atoms with E-state index in [0.717, 1.165) is 0 Å². The maximum absolute atomic E-state index is 10.7. The second-order valence-electron chi connectivity index (χ2n) is 4.25.